The maximum Gasteiger partial charge on any atom is 0.273 e. The van der Waals surface area contributed by atoms with Gasteiger partial charge in [-0.15, -0.1) is 22.7 Å². The van der Waals surface area contributed by atoms with Crippen LogP contribution in [-0.2, 0) is 27.8 Å². The second-order valence-electron chi connectivity index (χ2n) is 5.09. The summed E-state index contributed by atoms with van der Waals surface area (Å²) in [6.45, 7) is 4.52. The molecule has 0 aromatic carbocycles. The van der Waals surface area contributed by atoms with E-state index in [1.165, 1.54) is 29.6 Å². The summed E-state index contributed by atoms with van der Waals surface area (Å²) in [5.41, 5.74) is 0.919. The van der Waals surface area contributed by atoms with E-state index in [9.17, 15) is 13.2 Å². The number of sulfonamides is 1. The molecule has 0 radical (unpaired) electrons. The number of hydrogen-bond acceptors (Lipinski definition) is 6. The summed E-state index contributed by atoms with van der Waals surface area (Å²) in [6, 6.07) is 1.66. The largest absolute Gasteiger partial charge is 0.338 e. The molecule has 1 amide bonds. The van der Waals surface area contributed by atoms with Gasteiger partial charge >= 0.3 is 0 Å². The molecular weight excluding hydrogens is 342 g/mol. The molecule has 2 aromatic heterocycles. The Bertz CT molecular complexity index is 823. The van der Waals surface area contributed by atoms with Crippen molar-refractivity contribution in [2.75, 3.05) is 11.3 Å². The van der Waals surface area contributed by atoms with Crippen LogP contribution in [0.25, 0.3) is 0 Å². The number of aromatic nitrogens is 1. The number of anilines is 1. The van der Waals surface area contributed by atoms with Crippen molar-refractivity contribution in [2.45, 2.75) is 31.0 Å². The van der Waals surface area contributed by atoms with Crippen molar-refractivity contribution >= 4 is 43.7 Å². The van der Waals surface area contributed by atoms with E-state index < -0.39 is 10.0 Å². The summed E-state index contributed by atoms with van der Waals surface area (Å²) in [5.74, 6) is 0.0117. The van der Waals surface area contributed by atoms with E-state index in [-0.39, 0.29) is 10.1 Å². The molecule has 0 fully saturated rings. The van der Waals surface area contributed by atoms with Crippen molar-refractivity contribution in [1.82, 2.24) is 9.88 Å². The molecule has 0 spiro atoms. The number of rotatable bonds is 3. The molecule has 0 aliphatic carbocycles. The van der Waals surface area contributed by atoms with Crippen molar-refractivity contribution in [3.05, 3.63) is 27.6 Å². The number of carbonyl (C=O) groups is 1. The molecular formula is C13H15N3O3S3. The van der Waals surface area contributed by atoms with Gasteiger partial charge in [-0.25, -0.2) is 13.4 Å². The van der Waals surface area contributed by atoms with Crippen LogP contribution >= 0.6 is 22.7 Å². The number of thiazole rings is 1. The standard InChI is InChI=1S/C13H15N3O3S3/c1-8-6-14-13(20-8)15-22(18,19)12-5-10-7-16(9(2)17)4-3-11(10)21-12/h5-6H,3-4,7H2,1-2H3,(H,14,15). The minimum absolute atomic E-state index is 0.0117. The van der Waals surface area contributed by atoms with Crippen molar-refractivity contribution in [3.8, 4) is 0 Å². The van der Waals surface area contributed by atoms with Gasteiger partial charge in [-0.05, 0) is 25.0 Å². The second-order valence-corrected chi connectivity index (χ2v) is 9.37. The Morgan fingerprint density at radius 1 is 1.41 bits per heavy atom. The number of thiophene rings is 1. The van der Waals surface area contributed by atoms with E-state index in [2.05, 4.69) is 9.71 Å². The minimum atomic E-state index is -3.62. The van der Waals surface area contributed by atoms with Crippen LogP contribution in [0.1, 0.15) is 22.2 Å². The van der Waals surface area contributed by atoms with Gasteiger partial charge in [0.2, 0.25) is 5.91 Å². The lowest BCUT2D eigenvalue weighted by Crippen LogP contribution is -2.33. The van der Waals surface area contributed by atoms with E-state index in [1.54, 1.807) is 17.2 Å². The molecule has 22 heavy (non-hydrogen) atoms. The van der Waals surface area contributed by atoms with Crippen LogP contribution in [0, 0.1) is 6.92 Å². The maximum atomic E-state index is 12.4. The molecule has 0 bridgehead atoms. The highest BCUT2D eigenvalue weighted by molar-refractivity contribution is 7.94. The van der Waals surface area contributed by atoms with E-state index in [1.807, 2.05) is 6.92 Å². The van der Waals surface area contributed by atoms with Gasteiger partial charge in [-0.1, -0.05) is 0 Å². The van der Waals surface area contributed by atoms with Crippen LogP contribution in [-0.4, -0.2) is 30.8 Å². The summed E-state index contributed by atoms with van der Waals surface area (Å²) >= 11 is 2.57. The van der Waals surface area contributed by atoms with Gasteiger partial charge in [0.15, 0.2) is 5.13 Å². The summed E-state index contributed by atoms with van der Waals surface area (Å²) in [7, 11) is -3.62. The monoisotopic (exact) mass is 357 g/mol. The molecule has 6 nitrogen and oxygen atoms in total. The van der Waals surface area contributed by atoms with Gasteiger partial charge < -0.3 is 4.90 Å². The third-order valence-corrected chi connectivity index (χ3v) is 7.40. The molecule has 118 valence electrons. The highest BCUT2D eigenvalue weighted by Crippen LogP contribution is 2.32. The summed E-state index contributed by atoms with van der Waals surface area (Å²) in [5, 5.41) is 0.370. The molecule has 2 aromatic rings. The molecule has 0 saturated carbocycles. The highest BCUT2D eigenvalue weighted by atomic mass is 32.2. The first-order valence-electron chi connectivity index (χ1n) is 6.67. The van der Waals surface area contributed by atoms with Crippen molar-refractivity contribution in [2.24, 2.45) is 0 Å². The minimum Gasteiger partial charge on any atom is -0.338 e. The molecule has 1 N–H and O–H groups in total. The molecule has 0 unspecified atom stereocenters. The van der Waals surface area contributed by atoms with E-state index >= 15 is 0 Å². The smallest absolute Gasteiger partial charge is 0.273 e. The Kier molecular flexibility index (Phi) is 3.96. The van der Waals surface area contributed by atoms with Gasteiger partial charge in [0.1, 0.15) is 4.21 Å². The Morgan fingerprint density at radius 2 is 2.18 bits per heavy atom. The van der Waals surface area contributed by atoms with E-state index in [0.29, 0.717) is 24.6 Å². The fourth-order valence-corrected chi connectivity index (χ4v) is 5.72. The predicted molar refractivity (Wildman–Crippen MR) is 86.8 cm³/mol. The summed E-state index contributed by atoms with van der Waals surface area (Å²) in [4.78, 5) is 19.2. The van der Waals surface area contributed by atoms with Gasteiger partial charge in [-0.2, -0.15) is 0 Å². The number of carbonyl (C=O) groups excluding carboxylic acids is 1. The first-order valence-corrected chi connectivity index (χ1v) is 9.79. The van der Waals surface area contributed by atoms with Crippen LogP contribution in [0.15, 0.2) is 16.5 Å². The number of nitrogens with zero attached hydrogens (tertiary/aromatic N) is 2. The molecule has 3 rings (SSSR count). The van der Waals surface area contributed by atoms with Crippen LogP contribution in [0.4, 0.5) is 5.13 Å². The Labute approximate surface area is 136 Å². The number of nitrogens with one attached hydrogen (secondary N) is 1. The Morgan fingerprint density at radius 3 is 2.82 bits per heavy atom. The molecule has 0 atom stereocenters. The van der Waals surface area contributed by atoms with Gasteiger partial charge in [0, 0.05) is 36.0 Å². The maximum absolute atomic E-state index is 12.4. The van der Waals surface area contributed by atoms with Gasteiger partial charge in [-0.3, -0.25) is 9.52 Å². The van der Waals surface area contributed by atoms with Crippen LogP contribution in [0.5, 0.6) is 0 Å². The quantitative estimate of drug-likeness (QED) is 0.913. The fourth-order valence-electron chi connectivity index (χ4n) is 2.27. The van der Waals surface area contributed by atoms with Gasteiger partial charge in [0.25, 0.3) is 10.0 Å². The Hall–Kier alpha value is -1.45. The first-order chi connectivity index (χ1) is 10.3. The summed E-state index contributed by atoms with van der Waals surface area (Å²) in [6.07, 6.45) is 2.33. The van der Waals surface area contributed by atoms with Crippen LogP contribution in [0.2, 0.25) is 0 Å². The predicted octanol–water partition coefficient (Wildman–Crippen LogP) is 2.22. The van der Waals surface area contributed by atoms with Crippen molar-refractivity contribution < 1.29 is 13.2 Å². The average Bonchev–Trinajstić information content (AvgIpc) is 3.03. The highest BCUT2D eigenvalue weighted by Gasteiger charge is 2.25. The molecule has 0 saturated heterocycles. The lowest BCUT2D eigenvalue weighted by Gasteiger charge is -2.25. The molecule has 3 heterocycles. The average molecular weight is 357 g/mol. The number of hydrogen-bond donors (Lipinski definition) is 1. The number of amides is 1. The number of aryl methyl sites for hydroxylation is 1. The fraction of sp³-hybridized carbons (Fsp3) is 0.385. The zero-order valence-corrected chi connectivity index (χ0v) is 14.6. The van der Waals surface area contributed by atoms with Crippen molar-refractivity contribution in [1.29, 1.82) is 0 Å². The molecule has 1 aliphatic rings. The van der Waals surface area contributed by atoms with Gasteiger partial charge in [0.05, 0.1) is 0 Å². The normalized spacial score (nSPS) is 14.7. The topological polar surface area (TPSA) is 79.4 Å². The lowest BCUT2D eigenvalue weighted by molar-refractivity contribution is -0.129. The Balaban J connectivity index is 1.85. The second kappa shape index (κ2) is 5.64. The SMILES string of the molecule is CC(=O)N1CCc2sc(S(=O)(=O)Nc3ncc(C)s3)cc2C1. The van der Waals surface area contributed by atoms with E-state index in [0.717, 1.165) is 15.3 Å². The third kappa shape index (κ3) is 3.01. The zero-order valence-electron chi connectivity index (χ0n) is 12.1. The zero-order chi connectivity index (χ0) is 15.9. The lowest BCUT2D eigenvalue weighted by atomic mass is 10.1. The van der Waals surface area contributed by atoms with Crippen LogP contribution < -0.4 is 4.72 Å². The van der Waals surface area contributed by atoms with Crippen LogP contribution in [0.3, 0.4) is 0 Å². The van der Waals surface area contributed by atoms with Crippen molar-refractivity contribution in [3.63, 3.8) is 0 Å². The third-order valence-electron chi connectivity index (χ3n) is 3.40. The number of fused-ring (bicyclic) bond motifs is 1. The molecule has 1 aliphatic heterocycles. The summed E-state index contributed by atoms with van der Waals surface area (Å²) < 4.78 is 27.6. The first kappa shape index (κ1) is 15.4. The molecule has 9 heteroatoms. The van der Waals surface area contributed by atoms with E-state index in [4.69, 9.17) is 0 Å².